The molecule has 1 aliphatic rings. The molecule has 0 aliphatic heterocycles. The monoisotopic (exact) mass is 240 g/mol. The van der Waals surface area contributed by atoms with Crippen LogP contribution in [-0.4, -0.2) is 30.4 Å². The molecule has 1 rings (SSSR count). The topological polar surface area (TPSA) is 46.3 Å². The van der Waals surface area contributed by atoms with Crippen LogP contribution in [0.2, 0.25) is 0 Å². The first-order chi connectivity index (χ1) is 7.80. The first-order valence-electron chi connectivity index (χ1n) is 6.79. The number of nitrogens with two attached hydrogens (primary N) is 1. The van der Waals surface area contributed by atoms with Gasteiger partial charge in [0.1, 0.15) is 0 Å². The lowest BCUT2D eigenvalue weighted by molar-refractivity contribution is -0.134. The van der Waals surface area contributed by atoms with Crippen LogP contribution in [-0.2, 0) is 4.79 Å². The number of hydrogen-bond acceptors (Lipinski definition) is 2. The third-order valence-electron chi connectivity index (χ3n) is 4.71. The molecule has 0 atom stereocenters. The van der Waals surface area contributed by atoms with Crippen LogP contribution in [0, 0.1) is 16.7 Å². The lowest BCUT2D eigenvalue weighted by atomic mass is 10.0. The highest BCUT2D eigenvalue weighted by atomic mass is 16.2. The van der Waals surface area contributed by atoms with E-state index in [0.717, 1.165) is 25.9 Å². The minimum Gasteiger partial charge on any atom is -0.342 e. The quantitative estimate of drug-likeness (QED) is 0.774. The molecule has 0 aromatic carbocycles. The summed E-state index contributed by atoms with van der Waals surface area (Å²) in [5.41, 5.74) is 5.81. The second kappa shape index (κ2) is 4.97. The van der Waals surface area contributed by atoms with Gasteiger partial charge < -0.3 is 10.6 Å². The van der Waals surface area contributed by atoms with Gasteiger partial charge in [0.25, 0.3) is 0 Å². The summed E-state index contributed by atoms with van der Waals surface area (Å²) in [6.07, 6.45) is 1.92. The molecule has 0 unspecified atom stereocenters. The highest BCUT2D eigenvalue weighted by Crippen LogP contribution is 2.68. The van der Waals surface area contributed by atoms with Crippen LogP contribution in [0.3, 0.4) is 0 Å². The molecule has 3 heteroatoms. The summed E-state index contributed by atoms with van der Waals surface area (Å²) in [5.74, 6) is 0.509. The fourth-order valence-electron chi connectivity index (χ4n) is 2.88. The number of nitrogens with zero attached hydrogens (tertiary/aromatic N) is 1. The Labute approximate surface area is 106 Å². The third-order valence-corrected chi connectivity index (χ3v) is 4.71. The van der Waals surface area contributed by atoms with Gasteiger partial charge in [0.05, 0.1) is 0 Å². The average molecular weight is 240 g/mol. The number of rotatable bonds is 6. The summed E-state index contributed by atoms with van der Waals surface area (Å²) in [7, 11) is 0. The summed E-state index contributed by atoms with van der Waals surface area (Å²) in [5, 5.41) is 0. The van der Waals surface area contributed by atoms with Crippen molar-refractivity contribution in [3.05, 3.63) is 0 Å². The maximum Gasteiger partial charge on any atom is 0.226 e. The molecule has 0 heterocycles. The van der Waals surface area contributed by atoms with Crippen LogP contribution in [0.1, 0.15) is 47.5 Å². The van der Waals surface area contributed by atoms with Crippen molar-refractivity contribution >= 4 is 5.91 Å². The van der Waals surface area contributed by atoms with Crippen LogP contribution >= 0.6 is 0 Å². The molecule has 0 saturated heterocycles. The molecule has 17 heavy (non-hydrogen) atoms. The van der Waals surface area contributed by atoms with Crippen LogP contribution in [0.25, 0.3) is 0 Å². The van der Waals surface area contributed by atoms with E-state index in [1.54, 1.807) is 0 Å². The fraction of sp³-hybridized carbons (Fsp3) is 0.929. The lowest BCUT2D eigenvalue weighted by Crippen LogP contribution is -2.36. The minimum absolute atomic E-state index is 0.138. The van der Waals surface area contributed by atoms with E-state index in [4.69, 9.17) is 5.73 Å². The molecular weight excluding hydrogens is 212 g/mol. The highest BCUT2D eigenvalue weighted by Gasteiger charge is 2.68. The zero-order valence-corrected chi connectivity index (χ0v) is 12.0. The number of hydrogen-bond donors (Lipinski definition) is 1. The number of carbonyl (C=O) groups excluding carboxylic acids is 1. The molecule has 2 N–H and O–H groups in total. The lowest BCUT2D eigenvalue weighted by Gasteiger charge is -2.23. The number of carbonyl (C=O) groups is 1. The Kier molecular flexibility index (Phi) is 4.23. The molecular formula is C14H28N2O. The van der Waals surface area contributed by atoms with Gasteiger partial charge in [-0.25, -0.2) is 0 Å². The summed E-state index contributed by atoms with van der Waals surface area (Å²) in [6, 6.07) is 0. The van der Waals surface area contributed by atoms with E-state index >= 15 is 0 Å². The van der Waals surface area contributed by atoms with Crippen molar-refractivity contribution in [2.24, 2.45) is 22.5 Å². The van der Waals surface area contributed by atoms with Gasteiger partial charge in [-0.3, -0.25) is 4.79 Å². The Bertz CT molecular complexity index is 270. The Morgan fingerprint density at radius 1 is 1.18 bits per heavy atom. The summed E-state index contributed by atoms with van der Waals surface area (Å²) in [4.78, 5) is 14.5. The van der Waals surface area contributed by atoms with Gasteiger partial charge in [-0.15, -0.1) is 0 Å². The molecule has 0 radical (unpaired) electrons. The van der Waals surface area contributed by atoms with Gasteiger partial charge in [-0.05, 0) is 30.2 Å². The van der Waals surface area contributed by atoms with E-state index in [9.17, 15) is 4.79 Å². The molecule has 100 valence electrons. The maximum absolute atomic E-state index is 12.5. The normalized spacial score (nSPS) is 21.3. The third kappa shape index (κ3) is 2.49. The largest absolute Gasteiger partial charge is 0.342 e. The van der Waals surface area contributed by atoms with Crippen molar-refractivity contribution in [1.29, 1.82) is 0 Å². The van der Waals surface area contributed by atoms with Crippen molar-refractivity contribution in [1.82, 2.24) is 4.90 Å². The standard InChI is InChI=1S/C14H28N2O/c1-6-9-16(10-7-8-15)12(17)11-13(2,3)14(11,4)5/h11H,6-10,15H2,1-5H3. The molecule has 1 fully saturated rings. The first kappa shape index (κ1) is 14.5. The van der Waals surface area contributed by atoms with E-state index in [2.05, 4.69) is 34.6 Å². The van der Waals surface area contributed by atoms with E-state index < -0.39 is 0 Å². The van der Waals surface area contributed by atoms with Crippen LogP contribution in [0.5, 0.6) is 0 Å². The Hall–Kier alpha value is -0.570. The van der Waals surface area contributed by atoms with Gasteiger partial charge in [0, 0.05) is 19.0 Å². The van der Waals surface area contributed by atoms with E-state index in [1.807, 2.05) is 4.90 Å². The SMILES string of the molecule is CCCN(CCCN)C(=O)C1C(C)(C)C1(C)C. The van der Waals surface area contributed by atoms with Crippen LogP contribution in [0.15, 0.2) is 0 Å². The van der Waals surface area contributed by atoms with Gasteiger partial charge in [-0.1, -0.05) is 34.6 Å². The molecule has 0 spiro atoms. The molecule has 1 amide bonds. The van der Waals surface area contributed by atoms with Crippen molar-refractivity contribution in [2.45, 2.75) is 47.5 Å². The molecule has 1 aliphatic carbocycles. The van der Waals surface area contributed by atoms with Gasteiger partial charge in [0.2, 0.25) is 5.91 Å². The predicted molar refractivity (Wildman–Crippen MR) is 71.6 cm³/mol. The fourth-order valence-corrected chi connectivity index (χ4v) is 2.88. The van der Waals surface area contributed by atoms with E-state index in [-0.39, 0.29) is 16.7 Å². The van der Waals surface area contributed by atoms with E-state index in [0.29, 0.717) is 12.5 Å². The van der Waals surface area contributed by atoms with Crippen molar-refractivity contribution in [2.75, 3.05) is 19.6 Å². The zero-order chi connectivity index (χ0) is 13.3. The van der Waals surface area contributed by atoms with Crippen molar-refractivity contribution in [3.63, 3.8) is 0 Å². The second-order valence-corrected chi connectivity index (χ2v) is 6.34. The highest BCUT2D eigenvalue weighted by molar-refractivity contribution is 5.84. The first-order valence-corrected chi connectivity index (χ1v) is 6.79. The van der Waals surface area contributed by atoms with Crippen LogP contribution in [0.4, 0.5) is 0 Å². The smallest absolute Gasteiger partial charge is 0.226 e. The summed E-state index contributed by atoms with van der Waals surface area (Å²) < 4.78 is 0. The number of amides is 1. The minimum atomic E-state index is 0.138. The molecule has 0 aromatic heterocycles. The van der Waals surface area contributed by atoms with Gasteiger partial charge in [-0.2, -0.15) is 0 Å². The molecule has 0 aromatic rings. The van der Waals surface area contributed by atoms with Gasteiger partial charge >= 0.3 is 0 Å². The second-order valence-electron chi connectivity index (χ2n) is 6.34. The Balaban J connectivity index is 2.67. The van der Waals surface area contributed by atoms with Crippen molar-refractivity contribution < 1.29 is 4.79 Å². The Morgan fingerprint density at radius 3 is 2.06 bits per heavy atom. The predicted octanol–water partition coefficient (Wildman–Crippen LogP) is 2.26. The summed E-state index contributed by atoms with van der Waals surface area (Å²) in [6.45, 7) is 13.2. The molecule has 0 bridgehead atoms. The average Bonchev–Trinajstić information content (AvgIpc) is 2.63. The Morgan fingerprint density at radius 2 is 1.71 bits per heavy atom. The maximum atomic E-state index is 12.5. The zero-order valence-electron chi connectivity index (χ0n) is 12.0. The molecule has 3 nitrogen and oxygen atoms in total. The van der Waals surface area contributed by atoms with Crippen LogP contribution < -0.4 is 5.73 Å². The summed E-state index contributed by atoms with van der Waals surface area (Å²) >= 11 is 0. The van der Waals surface area contributed by atoms with E-state index in [1.165, 1.54) is 0 Å². The molecule has 1 saturated carbocycles. The van der Waals surface area contributed by atoms with Crippen molar-refractivity contribution in [3.8, 4) is 0 Å². The van der Waals surface area contributed by atoms with Gasteiger partial charge in [0.15, 0.2) is 0 Å².